The van der Waals surface area contributed by atoms with E-state index in [4.69, 9.17) is 4.42 Å². The fraction of sp³-hybridized carbons (Fsp3) is 0.765. The van der Waals surface area contributed by atoms with Crippen LogP contribution in [0, 0.1) is 25.2 Å². The SMILES string of the molecule is Cc1cc(C(C)NC2CC(C)CC(C)(C)C2)c(C)o1. The van der Waals surface area contributed by atoms with E-state index in [0.717, 1.165) is 17.4 Å². The van der Waals surface area contributed by atoms with Crippen molar-refractivity contribution < 1.29 is 4.42 Å². The summed E-state index contributed by atoms with van der Waals surface area (Å²) in [5.41, 5.74) is 1.78. The third kappa shape index (κ3) is 3.62. The summed E-state index contributed by atoms with van der Waals surface area (Å²) in [5.74, 6) is 2.89. The highest BCUT2D eigenvalue weighted by Crippen LogP contribution is 2.39. The van der Waals surface area contributed by atoms with Gasteiger partial charge < -0.3 is 9.73 Å². The first-order valence-electron chi connectivity index (χ1n) is 7.60. The molecular formula is C17H29NO. The van der Waals surface area contributed by atoms with Crippen LogP contribution in [-0.4, -0.2) is 6.04 Å². The van der Waals surface area contributed by atoms with Crippen LogP contribution in [-0.2, 0) is 0 Å². The van der Waals surface area contributed by atoms with Gasteiger partial charge in [-0.15, -0.1) is 0 Å². The van der Waals surface area contributed by atoms with Gasteiger partial charge >= 0.3 is 0 Å². The average molecular weight is 263 g/mol. The minimum Gasteiger partial charge on any atom is -0.466 e. The Kier molecular flexibility index (Phi) is 4.10. The van der Waals surface area contributed by atoms with Crippen LogP contribution in [0.3, 0.4) is 0 Å². The normalized spacial score (nSPS) is 28.3. The van der Waals surface area contributed by atoms with Gasteiger partial charge in [-0.2, -0.15) is 0 Å². The minimum absolute atomic E-state index is 0.378. The molecule has 2 heteroatoms. The maximum Gasteiger partial charge on any atom is 0.105 e. The fourth-order valence-corrected chi connectivity index (χ4v) is 4.00. The second-order valence-corrected chi connectivity index (χ2v) is 7.37. The number of hydrogen-bond acceptors (Lipinski definition) is 2. The van der Waals surface area contributed by atoms with Crippen molar-refractivity contribution in [1.82, 2.24) is 5.32 Å². The number of aryl methyl sites for hydroxylation is 2. The van der Waals surface area contributed by atoms with E-state index < -0.39 is 0 Å². The summed E-state index contributed by atoms with van der Waals surface area (Å²) in [6, 6.07) is 3.18. The van der Waals surface area contributed by atoms with Crippen molar-refractivity contribution in [2.24, 2.45) is 11.3 Å². The molecule has 0 aromatic carbocycles. The Bertz CT molecular complexity index is 432. The second kappa shape index (κ2) is 5.32. The van der Waals surface area contributed by atoms with Gasteiger partial charge in [-0.05, 0) is 57.4 Å². The maximum atomic E-state index is 5.65. The number of nitrogens with one attached hydrogen (secondary N) is 1. The Balaban J connectivity index is 2.02. The van der Waals surface area contributed by atoms with Crippen LogP contribution in [0.5, 0.6) is 0 Å². The summed E-state index contributed by atoms with van der Waals surface area (Å²) in [7, 11) is 0. The van der Waals surface area contributed by atoms with Gasteiger partial charge in [0.1, 0.15) is 11.5 Å². The van der Waals surface area contributed by atoms with Crippen LogP contribution in [0.4, 0.5) is 0 Å². The zero-order valence-electron chi connectivity index (χ0n) is 13.3. The Hall–Kier alpha value is -0.760. The van der Waals surface area contributed by atoms with E-state index in [1.54, 1.807) is 0 Å². The van der Waals surface area contributed by atoms with E-state index >= 15 is 0 Å². The summed E-state index contributed by atoms with van der Waals surface area (Å²) in [6.45, 7) is 13.5. The van der Waals surface area contributed by atoms with Crippen LogP contribution < -0.4 is 5.32 Å². The van der Waals surface area contributed by atoms with E-state index in [0.29, 0.717) is 17.5 Å². The third-order valence-corrected chi connectivity index (χ3v) is 4.42. The zero-order valence-corrected chi connectivity index (χ0v) is 13.3. The van der Waals surface area contributed by atoms with Gasteiger partial charge in [0.2, 0.25) is 0 Å². The van der Waals surface area contributed by atoms with Gasteiger partial charge in [-0.25, -0.2) is 0 Å². The molecule has 1 aliphatic carbocycles. The lowest BCUT2D eigenvalue weighted by Gasteiger charge is -2.40. The van der Waals surface area contributed by atoms with E-state index in [2.05, 4.69) is 46.0 Å². The molecule has 0 spiro atoms. The molecule has 3 atom stereocenters. The monoisotopic (exact) mass is 263 g/mol. The molecule has 0 amide bonds. The predicted octanol–water partition coefficient (Wildman–Crippen LogP) is 4.76. The van der Waals surface area contributed by atoms with Crippen molar-refractivity contribution in [2.45, 2.75) is 72.9 Å². The topological polar surface area (TPSA) is 25.2 Å². The molecule has 1 heterocycles. The zero-order chi connectivity index (χ0) is 14.2. The molecule has 0 aliphatic heterocycles. The highest BCUT2D eigenvalue weighted by Gasteiger charge is 2.32. The molecule has 1 aromatic rings. The van der Waals surface area contributed by atoms with Crippen LogP contribution in [0.1, 0.15) is 70.1 Å². The van der Waals surface area contributed by atoms with Gasteiger partial charge in [0.25, 0.3) is 0 Å². The first kappa shape index (κ1) is 14.6. The average Bonchev–Trinajstić information content (AvgIpc) is 2.54. The number of furan rings is 1. The Morgan fingerprint density at radius 3 is 2.53 bits per heavy atom. The molecule has 1 aromatic heterocycles. The molecule has 2 rings (SSSR count). The number of rotatable bonds is 3. The van der Waals surface area contributed by atoms with Gasteiger partial charge in [-0.1, -0.05) is 20.8 Å². The van der Waals surface area contributed by atoms with Crippen LogP contribution in [0.25, 0.3) is 0 Å². The lowest BCUT2D eigenvalue weighted by molar-refractivity contribution is 0.145. The van der Waals surface area contributed by atoms with Gasteiger partial charge in [-0.3, -0.25) is 0 Å². The standard InChI is InChI=1S/C17H29NO/c1-11-7-15(10-17(5,6)9-11)18-13(3)16-8-12(2)19-14(16)4/h8,11,13,15,18H,7,9-10H2,1-6H3. The number of hydrogen-bond donors (Lipinski definition) is 1. The van der Waals surface area contributed by atoms with Crippen molar-refractivity contribution >= 4 is 0 Å². The lowest BCUT2D eigenvalue weighted by Crippen LogP contribution is -2.41. The van der Waals surface area contributed by atoms with Gasteiger partial charge in [0.15, 0.2) is 0 Å². The Labute approximate surface area is 118 Å². The largest absolute Gasteiger partial charge is 0.466 e. The Morgan fingerprint density at radius 1 is 1.32 bits per heavy atom. The van der Waals surface area contributed by atoms with Gasteiger partial charge in [0.05, 0.1) is 0 Å². The highest BCUT2D eigenvalue weighted by atomic mass is 16.3. The summed E-state index contributed by atoms with van der Waals surface area (Å²) in [5, 5.41) is 3.82. The molecule has 3 unspecified atom stereocenters. The van der Waals surface area contributed by atoms with Crippen molar-refractivity contribution in [3.8, 4) is 0 Å². The van der Waals surface area contributed by atoms with Crippen LogP contribution in [0.15, 0.2) is 10.5 Å². The molecular weight excluding hydrogens is 234 g/mol. The molecule has 0 radical (unpaired) electrons. The summed E-state index contributed by atoms with van der Waals surface area (Å²) >= 11 is 0. The van der Waals surface area contributed by atoms with E-state index in [9.17, 15) is 0 Å². The molecule has 108 valence electrons. The predicted molar refractivity (Wildman–Crippen MR) is 80.3 cm³/mol. The molecule has 2 nitrogen and oxygen atoms in total. The molecule has 1 saturated carbocycles. The fourth-order valence-electron chi connectivity index (χ4n) is 4.00. The summed E-state index contributed by atoms with van der Waals surface area (Å²) in [4.78, 5) is 0. The van der Waals surface area contributed by atoms with Crippen molar-refractivity contribution in [3.63, 3.8) is 0 Å². The first-order valence-corrected chi connectivity index (χ1v) is 7.60. The van der Waals surface area contributed by atoms with Crippen molar-refractivity contribution in [3.05, 3.63) is 23.2 Å². The van der Waals surface area contributed by atoms with Crippen LogP contribution in [0.2, 0.25) is 0 Å². The Morgan fingerprint density at radius 2 is 2.00 bits per heavy atom. The minimum atomic E-state index is 0.378. The van der Waals surface area contributed by atoms with Crippen molar-refractivity contribution in [2.75, 3.05) is 0 Å². The lowest BCUT2D eigenvalue weighted by atomic mass is 9.70. The van der Waals surface area contributed by atoms with E-state index in [1.165, 1.54) is 24.8 Å². The third-order valence-electron chi connectivity index (χ3n) is 4.42. The van der Waals surface area contributed by atoms with Gasteiger partial charge in [0, 0.05) is 17.6 Å². The first-order chi connectivity index (χ1) is 8.77. The molecule has 1 aliphatic rings. The molecule has 1 fully saturated rings. The van der Waals surface area contributed by atoms with Crippen molar-refractivity contribution in [1.29, 1.82) is 0 Å². The molecule has 19 heavy (non-hydrogen) atoms. The summed E-state index contributed by atoms with van der Waals surface area (Å²) < 4.78 is 5.65. The van der Waals surface area contributed by atoms with Crippen LogP contribution >= 0.6 is 0 Å². The smallest absolute Gasteiger partial charge is 0.105 e. The van der Waals surface area contributed by atoms with E-state index in [1.807, 2.05) is 6.92 Å². The maximum absolute atomic E-state index is 5.65. The summed E-state index contributed by atoms with van der Waals surface area (Å²) in [6.07, 6.45) is 3.92. The molecule has 0 bridgehead atoms. The second-order valence-electron chi connectivity index (χ2n) is 7.37. The molecule has 1 N–H and O–H groups in total. The molecule has 0 saturated heterocycles. The quantitative estimate of drug-likeness (QED) is 0.850. The highest BCUT2D eigenvalue weighted by molar-refractivity contribution is 5.23. The van der Waals surface area contributed by atoms with E-state index in [-0.39, 0.29) is 0 Å².